The van der Waals surface area contributed by atoms with Crippen LogP contribution in [0.25, 0.3) is 0 Å². The van der Waals surface area contributed by atoms with Gasteiger partial charge in [0.25, 0.3) is 0 Å². The molecule has 1 aromatic carbocycles. The molecule has 1 saturated heterocycles. The van der Waals surface area contributed by atoms with Crippen molar-refractivity contribution in [2.24, 2.45) is 5.41 Å². The SMILES string of the molecule is COc1ccc(Br)cc1S(=O)(=O)N1CCCC(C)(C)C1. The van der Waals surface area contributed by atoms with Gasteiger partial charge in [0.05, 0.1) is 7.11 Å². The number of ether oxygens (including phenoxy) is 1. The van der Waals surface area contributed by atoms with Crippen LogP contribution in [-0.2, 0) is 10.0 Å². The fourth-order valence-corrected chi connectivity index (χ4v) is 4.93. The van der Waals surface area contributed by atoms with Gasteiger partial charge in [0, 0.05) is 17.6 Å². The monoisotopic (exact) mass is 361 g/mol. The molecule has 4 nitrogen and oxygen atoms in total. The molecule has 0 atom stereocenters. The molecule has 0 radical (unpaired) electrons. The number of piperidine rings is 1. The molecular weight excluding hydrogens is 342 g/mol. The molecule has 112 valence electrons. The minimum Gasteiger partial charge on any atom is -0.495 e. The predicted molar refractivity (Wildman–Crippen MR) is 82.5 cm³/mol. The number of benzene rings is 1. The summed E-state index contributed by atoms with van der Waals surface area (Å²) in [5, 5.41) is 0. The molecule has 0 saturated carbocycles. The first-order valence-electron chi connectivity index (χ1n) is 6.60. The van der Waals surface area contributed by atoms with Crippen LogP contribution in [0.3, 0.4) is 0 Å². The molecule has 0 amide bonds. The first kappa shape index (κ1) is 15.8. The third-order valence-corrected chi connectivity index (χ3v) is 5.97. The molecule has 1 heterocycles. The Labute approximate surface area is 129 Å². The van der Waals surface area contributed by atoms with Crippen LogP contribution in [0.15, 0.2) is 27.6 Å². The Morgan fingerprint density at radius 3 is 2.65 bits per heavy atom. The van der Waals surface area contributed by atoms with Gasteiger partial charge in [0.2, 0.25) is 10.0 Å². The van der Waals surface area contributed by atoms with E-state index >= 15 is 0 Å². The van der Waals surface area contributed by atoms with E-state index in [1.807, 2.05) is 0 Å². The highest BCUT2D eigenvalue weighted by molar-refractivity contribution is 9.10. The zero-order chi connectivity index (χ0) is 15.0. The van der Waals surface area contributed by atoms with Crippen molar-refractivity contribution in [1.82, 2.24) is 4.31 Å². The van der Waals surface area contributed by atoms with Crippen molar-refractivity contribution in [3.8, 4) is 5.75 Å². The van der Waals surface area contributed by atoms with Crippen LogP contribution in [0.4, 0.5) is 0 Å². The van der Waals surface area contributed by atoms with E-state index in [-0.39, 0.29) is 10.3 Å². The highest BCUT2D eigenvalue weighted by Crippen LogP contribution is 2.35. The van der Waals surface area contributed by atoms with Crippen LogP contribution in [0.2, 0.25) is 0 Å². The second kappa shape index (κ2) is 5.66. The van der Waals surface area contributed by atoms with Crippen LogP contribution in [0.5, 0.6) is 5.75 Å². The Kier molecular flexibility index (Phi) is 4.47. The summed E-state index contributed by atoms with van der Waals surface area (Å²) in [5.41, 5.74) is 0.0184. The topological polar surface area (TPSA) is 46.6 Å². The average molecular weight is 362 g/mol. The third-order valence-electron chi connectivity index (χ3n) is 3.61. The first-order valence-corrected chi connectivity index (χ1v) is 8.83. The molecule has 2 rings (SSSR count). The van der Waals surface area contributed by atoms with Gasteiger partial charge >= 0.3 is 0 Å². The molecule has 1 fully saturated rings. The van der Waals surface area contributed by atoms with E-state index in [0.717, 1.165) is 17.3 Å². The lowest BCUT2D eigenvalue weighted by Crippen LogP contribution is -2.43. The summed E-state index contributed by atoms with van der Waals surface area (Å²) in [4.78, 5) is 0.229. The zero-order valence-electron chi connectivity index (χ0n) is 12.0. The Morgan fingerprint density at radius 1 is 1.35 bits per heavy atom. The minimum atomic E-state index is -3.52. The zero-order valence-corrected chi connectivity index (χ0v) is 14.4. The molecule has 0 unspecified atom stereocenters. The largest absolute Gasteiger partial charge is 0.495 e. The molecule has 1 aliphatic rings. The molecule has 6 heteroatoms. The van der Waals surface area contributed by atoms with Crippen LogP contribution in [0, 0.1) is 5.41 Å². The van der Waals surface area contributed by atoms with E-state index in [9.17, 15) is 8.42 Å². The van der Waals surface area contributed by atoms with Crippen molar-refractivity contribution in [3.05, 3.63) is 22.7 Å². The Morgan fingerprint density at radius 2 is 2.05 bits per heavy atom. The summed E-state index contributed by atoms with van der Waals surface area (Å²) >= 11 is 3.33. The van der Waals surface area contributed by atoms with Crippen LogP contribution < -0.4 is 4.74 Å². The number of nitrogens with zero attached hydrogens (tertiary/aromatic N) is 1. The number of rotatable bonds is 3. The van der Waals surface area contributed by atoms with Crippen molar-refractivity contribution in [3.63, 3.8) is 0 Å². The van der Waals surface area contributed by atoms with E-state index in [4.69, 9.17) is 4.74 Å². The second-order valence-corrected chi connectivity index (χ2v) is 8.72. The van der Waals surface area contributed by atoms with Crippen molar-refractivity contribution in [1.29, 1.82) is 0 Å². The minimum absolute atomic E-state index is 0.0184. The van der Waals surface area contributed by atoms with Crippen LogP contribution in [-0.4, -0.2) is 32.9 Å². The summed E-state index contributed by atoms with van der Waals surface area (Å²) in [6, 6.07) is 5.06. The standard InChI is InChI=1S/C14H20BrNO3S/c1-14(2)7-4-8-16(10-14)20(17,18)13-9-11(15)5-6-12(13)19-3/h5-6,9H,4,7-8,10H2,1-3H3. The van der Waals surface area contributed by atoms with Gasteiger partial charge in [-0.15, -0.1) is 0 Å². The number of hydrogen-bond acceptors (Lipinski definition) is 3. The van der Waals surface area contributed by atoms with Gasteiger partial charge in [-0.3, -0.25) is 0 Å². The van der Waals surface area contributed by atoms with Gasteiger partial charge < -0.3 is 4.74 Å². The highest BCUT2D eigenvalue weighted by atomic mass is 79.9. The van der Waals surface area contributed by atoms with Crippen LogP contribution >= 0.6 is 15.9 Å². The average Bonchev–Trinajstić information content (AvgIpc) is 2.37. The molecular formula is C14H20BrNO3S. The maximum Gasteiger partial charge on any atom is 0.246 e. The Balaban J connectivity index is 2.42. The molecule has 0 spiro atoms. The van der Waals surface area contributed by atoms with Gasteiger partial charge in [-0.1, -0.05) is 29.8 Å². The van der Waals surface area contributed by atoms with Crippen molar-refractivity contribution < 1.29 is 13.2 Å². The second-order valence-electron chi connectivity index (χ2n) is 5.90. The lowest BCUT2D eigenvalue weighted by Gasteiger charge is -2.37. The number of halogens is 1. The van der Waals surface area contributed by atoms with Gasteiger partial charge in [-0.05, 0) is 36.5 Å². The maximum absolute atomic E-state index is 12.8. The fraction of sp³-hybridized carbons (Fsp3) is 0.571. The summed E-state index contributed by atoms with van der Waals surface area (Å²) in [6.07, 6.45) is 1.94. The summed E-state index contributed by atoms with van der Waals surface area (Å²) < 4.78 is 33.2. The van der Waals surface area contributed by atoms with E-state index in [1.54, 1.807) is 22.5 Å². The lowest BCUT2D eigenvalue weighted by atomic mass is 9.85. The highest BCUT2D eigenvalue weighted by Gasteiger charge is 2.35. The number of methoxy groups -OCH3 is 1. The molecule has 1 aromatic rings. The molecule has 0 aliphatic carbocycles. The maximum atomic E-state index is 12.8. The molecule has 0 bridgehead atoms. The molecule has 0 aromatic heterocycles. The quantitative estimate of drug-likeness (QED) is 0.829. The summed E-state index contributed by atoms with van der Waals surface area (Å²) in [7, 11) is -2.03. The normalized spacial score (nSPS) is 19.8. The number of hydrogen-bond donors (Lipinski definition) is 0. The fourth-order valence-electron chi connectivity index (χ4n) is 2.57. The smallest absolute Gasteiger partial charge is 0.246 e. The molecule has 0 N–H and O–H groups in total. The van der Waals surface area contributed by atoms with Crippen LogP contribution in [0.1, 0.15) is 26.7 Å². The van der Waals surface area contributed by atoms with Gasteiger partial charge in [-0.2, -0.15) is 4.31 Å². The number of sulfonamides is 1. The summed E-state index contributed by atoms with van der Waals surface area (Å²) in [5.74, 6) is 0.386. The van der Waals surface area contributed by atoms with Gasteiger partial charge in [0.15, 0.2) is 0 Å². The predicted octanol–water partition coefficient (Wildman–Crippen LogP) is 3.27. The summed E-state index contributed by atoms with van der Waals surface area (Å²) in [6.45, 7) is 5.33. The van der Waals surface area contributed by atoms with E-state index in [2.05, 4.69) is 29.8 Å². The lowest BCUT2D eigenvalue weighted by molar-refractivity contribution is 0.186. The third kappa shape index (κ3) is 3.18. The van der Waals surface area contributed by atoms with E-state index in [0.29, 0.717) is 18.8 Å². The van der Waals surface area contributed by atoms with E-state index in [1.165, 1.54) is 7.11 Å². The van der Waals surface area contributed by atoms with Crippen molar-refractivity contribution in [2.75, 3.05) is 20.2 Å². The molecule has 20 heavy (non-hydrogen) atoms. The Hall–Kier alpha value is -0.590. The van der Waals surface area contributed by atoms with E-state index < -0.39 is 10.0 Å². The van der Waals surface area contributed by atoms with Gasteiger partial charge in [0.1, 0.15) is 10.6 Å². The molecule has 1 aliphatic heterocycles. The first-order chi connectivity index (χ1) is 9.26. The Bertz CT molecular complexity index is 598. The van der Waals surface area contributed by atoms with Gasteiger partial charge in [-0.25, -0.2) is 8.42 Å². The van der Waals surface area contributed by atoms with Crippen molar-refractivity contribution in [2.45, 2.75) is 31.6 Å². The van der Waals surface area contributed by atoms with Crippen molar-refractivity contribution >= 4 is 26.0 Å².